The largest absolute Gasteiger partial charge is 0.435 e. The molecule has 1 N–H and O–H groups in total. The summed E-state index contributed by atoms with van der Waals surface area (Å²) in [6.45, 7) is -2.86. The first kappa shape index (κ1) is 18.1. The zero-order valence-corrected chi connectivity index (χ0v) is 14.6. The van der Waals surface area contributed by atoms with Crippen molar-refractivity contribution in [2.24, 2.45) is 0 Å². The summed E-state index contributed by atoms with van der Waals surface area (Å²) in [5, 5.41) is 6.89. The normalized spacial score (nSPS) is 12.0. The number of hydrogen-bond donors (Lipinski definition) is 1. The third-order valence-corrected chi connectivity index (χ3v) is 4.55. The van der Waals surface area contributed by atoms with Gasteiger partial charge in [-0.05, 0) is 45.6 Å². The number of carbonyl (C=O) groups excluding carboxylic acids is 1. The molecule has 1 atom stereocenters. The molecule has 134 valence electrons. The topological polar surface area (TPSA) is 38.3 Å². The highest BCUT2D eigenvalue weighted by Crippen LogP contribution is 2.25. The average Bonchev–Trinajstić information content (AvgIpc) is 3.14. The molecule has 0 spiro atoms. The van der Waals surface area contributed by atoms with E-state index in [-0.39, 0.29) is 17.7 Å². The van der Waals surface area contributed by atoms with E-state index < -0.39 is 6.61 Å². The van der Waals surface area contributed by atoms with E-state index in [9.17, 15) is 13.6 Å². The molecule has 1 heterocycles. The number of amides is 1. The van der Waals surface area contributed by atoms with Crippen LogP contribution in [0, 0.1) is 0 Å². The maximum atomic E-state index is 12.4. The molecule has 0 saturated carbocycles. The van der Waals surface area contributed by atoms with E-state index >= 15 is 0 Å². The highest BCUT2D eigenvalue weighted by molar-refractivity contribution is 7.08. The molecule has 0 radical (unpaired) electrons. The van der Waals surface area contributed by atoms with E-state index in [1.54, 1.807) is 23.5 Å². The van der Waals surface area contributed by atoms with Crippen molar-refractivity contribution in [3.8, 4) is 5.75 Å². The molecule has 0 aliphatic carbocycles. The SMILES string of the molecule is O=C(Cc1ccsc1)N[C@H](c1ccccc1)c1ccc(OC(F)F)cc1. The second kappa shape index (κ2) is 8.58. The predicted molar refractivity (Wildman–Crippen MR) is 97.5 cm³/mol. The van der Waals surface area contributed by atoms with Crippen molar-refractivity contribution < 1.29 is 18.3 Å². The van der Waals surface area contributed by atoms with E-state index in [1.807, 2.05) is 47.2 Å². The smallest absolute Gasteiger partial charge is 0.387 e. The third-order valence-electron chi connectivity index (χ3n) is 3.82. The lowest BCUT2D eigenvalue weighted by atomic mass is 9.98. The van der Waals surface area contributed by atoms with Gasteiger partial charge in [-0.2, -0.15) is 20.1 Å². The zero-order chi connectivity index (χ0) is 18.4. The van der Waals surface area contributed by atoms with Crippen LogP contribution in [0.4, 0.5) is 8.78 Å². The second-order valence-electron chi connectivity index (χ2n) is 5.67. The van der Waals surface area contributed by atoms with Gasteiger partial charge in [0.15, 0.2) is 0 Å². The Balaban J connectivity index is 1.80. The van der Waals surface area contributed by atoms with Crippen LogP contribution in [0.25, 0.3) is 0 Å². The zero-order valence-electron chi connectivity index (χ0n) is 13.8. The standard InChI is InChI=1S/C20H17F2NO2S/c21-20(22)25-17-8-6-16(7-9-17)19(15-4-2-1-3-5-15)23-18(24)12-14-10-11-26-13-14/h1-11,13,19-20H,12H2,(H,23,24)/t19-/m1/s1. The molecule has 2 aromatic carbocycles. The van der Waals surface area contributed by atoms with E-state index in [2.05, 4.69) is 10.1 Å². The number of hydrogen-bond acceptors (Lipinski definition) is 3. The third kappa shape index (κ3) is 4.89. The van der Waals surface area contributed by atoms with Gasteiger partial charge < -0.3 is 10.1 Å². The van der Waals surface area contributed by atoms with Crippen LogP contribution in [0.3, 0.4) is 0 Å². The lowest BCUT2D eigenvalue weighted by molar-refractivity contribution is -0.120. The van der Waals surface area contributed by atoms with Crippen LogP contribution in [0.2, 0.25) is 0 Å². The minimum atomic E-state index is -2.86. The van der Waals surface area contributed by atoms with Crippen LogP contribution >= 0.6 is 11.3 Å². The average molecular weight is 373 g/mol. The monoisotopic (exact) mass is 373 g/mol. The summed E-state index contributed by atoms with van der Waals surface area (Å²) in [7, 11) is 0. The summed E-state index contributed by atoms with van der Waals surface area (Å²) in [4.78, 5) is 12.4. The Morgan fingerprint density at radius 2 is 1.69 bits per heavy atom. The Hall–Kier alpha value is -2.73. The fourth-order valence-electron chi connectivity index (χ4n) is 2.64. The summed E-state index contributed by atoms with van der Waals surface area (Å²) in [5.74, 6) is -0.0229. The minimum absolute atomic E-state index is 0.0835. The highest BCUT2D eigenvalue weighted by atomic mass is 32.1. The van der Waals surface area contributed by atoms with E-state index in [0.717, 1.165) is 16.7 Å². The molecule has 3 nitrogen and oxygen atoms in total. The first-order valence-electron chi connectivity index (χ1n) is 8.02. The number of benzene rings is 2. The number of thiophene rings is 1. The number of carbonyl (C=O) groups is 1. The molecular weight excluding hydrogens is 356 g/mol. The lowest BCUT2D eigenvalue weighted by Gasteiger charge is -2.20. The minimum Gasteiger partial charge on any atom is -0.435 e. The molecule has 0 unspecified atom stereocenters. The van der Waals surface area contributed by atoms with Crippen LogP contribution in [0.5, 0.6) is 5.75 Å². The van der Waals surface area contributed by atoms with Gasteiger partial charge in [0, 0.05) is 0 Å². The molecule has 0 aliphatic heterocycles. The van der Waals surface area contributed by atoms with E-state index in [0.29, 0.717) is 6.42 Å². The van der Waals surface area contributed by atoms with Crippen LogP contribution in [0.15, 0.2) is 71.4 Å². The Bertz CT molecular complexity index is 821. The first-order valence-corrected chi connectivity index (χ1v) is 8.96. The molecule has 1 amide bonds. The van der Waals surface area contributed by atoms with Crippen molar-refractivity contribution in [3.63, 3.8) is 0 Å². The van der Waals surface area contributed by atoms with Crippen LogP contribution in [0.1, 0.15) is 22.7 Å². The summed E-state index contributed by atoms with van der Waals surface area (Å²) in [5.41, 5.74) is 2.66. The number of nitrogens with one attached hydrogen (secondary N) is 1. The summed E-state index contributed by atoms with van der Waals surface area (Å²) in [6.07, 6.45) is 0.291. The van der Waals surface area contributed by atoms with Gasteiger partial charge in [0.1, 0.15) is 5.75 Å². The van der Waals surface area contributed by atoms with Gasteiger partial charge in [-0.25, -0.2) is 0 Å². The predicted octanol–water partition coefficient (Wildman–Crippen LogP) is 4.80. The molecule has 6 heteroatoms. The Morgan fingerprint density at radius 3 is 2.31 bits per heavy atom. The van der Waals surface area contributed by atoms with Crippen molar-refractivity contribution in [2.75, 3.05) is 0 Å². The molecule has 0 aliphatic rings. The van der Waals surface area contributed by atoms with Crippen molar-refractivity contribution in [1.82, 2.24) is 5.32 Å². The van der Waals surface area contributed by atoms with E-state index in [4.69, 9.17) is 0 Å². The van der Waals surface area contributed by atoms with Crippen molar-refractivity contribution in [2.45, 2.75) is 19.1 Å². The Morgan fingerprint density at radius 1 is 1.00 bits per heavy atom. The summed E-state index contributed by atoms with van der Waals surface area (Å²) in [6, 6.07) is 17.4. The Kier molecular flexibility index (Phi) is 5.96. The van der Waals surface area contributed by atoms with Gasteiger partial charge >= 0.3 is 6.61 Å². The van der Waals surface area contributed by atoms with Crippen LogP contribution < -0.4 is 10.1 Å². The molecule has 1 aromatic heterocycles. The summed E-state index contributed by atoms with van der Waals surface area (Å²) >= 11 is 1.54. The van der Waals surface area contributed by atoms with Gasteiger partial charge in [0.25, 0.3) is 0 Å². The quantitative estimate of drug-likeness (QED) is 0.646. The number of halogens is 2. The second-order valence-corrected chi connectivity index (χ2v) is 6.45. The lowest BCUT2D eigenvalue weighted by Crippen LogP contribution is -2.30. The van der Waals surface area contributed by atoms with Crippen LogP contribution in [-0.2, 0) is 11.2 Å². The number of ether oxygens (including phenoxy) is 1. The van der Waals surface area contributed by atoms with Gasteiger partial charge in [-0.1, -0.05) is 42.5 Å². The Labute approximate surface area is 154 Å². The molecule has 3 rings (SSSR count). The van der Waals surface area contributed by atoms with Crippen molar-refractivity contribution in [3.05, 3.63) is 88.1 Å². The maximum Gasteiger partial charge on any atom is 0.387 e. The number of alkyl halides is 2. The summed E-state index contributed by atoms with van der Waals surface area (Å²) < 4.78 is 29.0. The number of rotatable bonds is 7. The van der Waals surface area contributed by atoms with Gasteiger partial charge in [0.05, 0.1) is 12.5 Å². The van der Waals surface area contributed by atoms with Gasteiger partial charge in [-0.3, -0.25) is 4.79 Å². The van der Waals surface area contributed by atoms with Crippen LogP contribution in [-0.4, -0.2) is 12.5 Å². The maximum absolute atomic E-state index is 12.4. The molecule has 3 aromatic rings. The van der Waals surface area contributed by atoms with Gasteiger partial charge in [0.2, 0.25) is 5.91 Å². The first-order chi connectivity index (χ1) is 12.6. The molecule has 0 saturated heterocycles. The highest BCUT2D eigenvalue weighted by Gasteiger charge is 2.17. The van der Waals surface area contributed by atoms with Crippen molar-refractivity contribution in [1.29, 1.82) is 0 Å². The van der Waals surface area contributed by atoms with Gasteiger partial charge in [-0.15, -0.1) is 0 Å². The van der Waals surface area contributed by atoms with Crippen molar-refractivity contribution >= 4 is 17.2 Å². The molecule has 0 fully saturated rings. The molecule has 0 bridgehead atoms. The fourth-order valence-corrected chi connectivity index (χ4v) is 3.31. The molecular formula is C20H17F2NO2S. The molecule has 26 heavy (non-hydrogen) atoms. The van der Waals surface area contributed by atoms with E-state index in [1.165, 1.54) is 12.1 Å². The fraction of sp³-hybridized carbons (Fsp3) is 0.150.